The Hall–Kier alpha value is -2.64. The van der Waals surface area contributed by atoms with E-state index >= 15 is 0 Å². The average molecular weight is 400 g/mol. The summed E-state index contributed by atoms with van der Waals surface area (Å²) in [5, 5.41) is 0. The highest BCUT2D eigenvalue weighted by Crippen LogP contribution is 2.23. The van der Waals surface area contributed by atoms with Crippen molar-refractivity contribution in [2.24, 2.45) is 0 Å². The molecule has 1 aromatic carbocycles. The summed E-state index contributed by atoms with van der Waals surface area (Å²) in [7, 11) is 0. The molecule has 0 N–H and O–H groups in total. The van der Waals surface area contributed by atoms with E-state index in [9.17, 15) is 9.18 Å². The summed E-state index contributed by atoms with van der Waals surface area (Å²) in [6.07, 6.45) is 6.84. The third-order valence-corrected chi connectivity index (χ3v) is 5.03. The second-order valence-corrected chi connectivity index (χ2v) is 6.91. The Labute approximate surface area is 167 Å². The number of hydrogen-bond donors (Lipinski definition) is 0. The summed E-state index contributed by atoms with van der Waals surface area (Å²) in [5.74, 6) is -0.467. The van der Waals surface area contributed by atoms with Gasteiger partial charge < -0.3 is 13.9 Å². The van der Waals surface area contributed by atoms with E-state index < -0.39 is 0 Å². The molecular formula is C21H21FN2O3S. The number of fused-ring (bicyclic) bond motifs is 1. The molecular weight excluding hydrogens is 379 g/mol. The number of ketones is 1. The Morgan fingerprint density at radius 1 is 1.32 bits per heavy atom. The first-order chi connectivity index (χ1) is 13.6. The number of carbonyl (C=O) groups is 1. The highest BCUT2D eigenvalue weighted by Gasteiger charge is 2.17. The molecule has 0 saturated carbocycles. The lowest BCUT2D eigenvalue weighted by Gasteiger charge is -2.13. The van der Waals surface area contributed by atoms with Gasteiger partial charge in [-0.25, -0.2) is 9.37 Å². The predicted octanol–water partition coefficient (Wildman–Crippen LogP) is 4.15. The van der Waals surface area contributed by atoms with Crippen molar-refractivity contribution >= 4 is 23.1 Å². The van der Waals surface area contributed by atoms with Gasteiger partial charge in [-0.1, -0.05) is 12.6 Å². The Bertz CT molecular complexity index is 987. The zero-order valence-corrected chi connectivity index (χ0v) is 16.4. The van der Waals surface area contributed by atoms with Gasteiger partial charge in [0.1, 0.15) is 19.0 Å². The van der Waals surface area contributed by atoms with Gasteiger partial charge in [0.25, 0.3) is 0 Å². The topological polar surface area (TPSA) is 52.8 Å². The fourth-order valence-electron chi connectivity index (χ4n) is 2.89. The van der Waals surface area contributed by atoms with Crippen LogP contribution < -0.4 is 0 Å². The monoisotopic (exact) mass is 400 g/mol. The summed E-state index contributed by atoms with van der Waals surface area (Å²) in [6.45, 7) is 3.98. The summed E-state index contributed by atoms with van der Waals surface area (Å²) >= 11 is 1.48. The lowest BCUT2D eigenvalue weighted by Crippen LogP contribution is -2.16. The Kier molecular flexibility index (Phi) is 6.84. The molecule has 2 heterocycles. The van der Waals surface area contributed by atoms with Crippen LogP contribution in [0.3, 0.4) is 0 Å². The van der Waals surface area contributed by atoms with Crippen LogP contribution in [0.1, 0.15) is 21.6 Å². The molecule has 3 aromatic rings. The molecule has 146 valence electrons. The highest BCUT2D eigenvalue weighted by atomic mass is 32.2. The molecule has 0 radical (unpaired) electrons. The summed E-state index contributed by atoms with van der Waals surface area (Å²) in [6, 6.07) is 8.71. The molecule has 5 nitrogen and oxygen atoms in total. The third kappa shape index (κ3) is 4.61. The lowest BCUT2D eigenvalue weighted by molar-refractivity contribution is 0.0638. The first-order valence-corrected chi connectivity index (χ1v) is 9.96. The number of Topliss-reactive ketones (excluding diaryl/α,β-unsaturated/α-hetero) is 1. The third-order valence-electron chi connectivity index (χ3n) is 4.30. The van der Waals surface area contributed by atoms with Gasteiger partial charge in [0.05, 0.1) is 30.9 Å². The van der Waals surface area contributed by atoms with Crippen molar-refractivity contribution in [3.05, 3.63) is 78.3 Å². The fraction of sp³-hybridized carbons (Fsp3) is 0.238. The Morgan fingerprint density at radius 2 is 2.18 bits per heavy atom. The minimum Gasteiger partial charge on any atom is -0.499 e. The Morgan fingerprint density at radius 3 is 2.93 bits per heavy atom. The van der Waals surface area contributed by atoms with Crippen LogP contribution in [0.4, 0.5) is 4.39 Å². The van der Waals surface area contributed by atoms with Crippen LogP contribution in [0.2, 0.25) is 0 Å². The van der Waals surface area contributed by atoms with Crippen molar-refractivity contribution in [2.75, 3.05) is 26.1 Å². The van der Waals surface area contributed by atoms with Crippen LogP contribution in [0.25, 0.3) is 5.52 Å². The van der Waals surface area contributed by atoms with Crippen molar-refractivity contribution in [2.45, 2.75) is 11.3 Å². The number of nitrogens with zero attached hydrogens (tertiary/aromatic N) is 2. The first kappa shape index (κ1) is 20.1. The molecule has 28 heavy (non-hydrogen) atoms. The molecule has 0 unspecified atom stereocenters. The number of carbonyl (C=O) groups excluding carboxylic acids is 1. The van der Waals surface area contributed by atoms with Gasteiger partial charge >= 0.3 is 0 Å². The number of pyridine rings is 1. The molecule has 3 rings (SSSR count). The van der Waals surface area contributed by atoms with E-state index in [0.717, 1.165) is 10.4 Å². The minimum absolute atomic E-state index is 0.0817. The van der Waals surface area contributed by atoms with Gasteiger partial charge in [-0.3, -0.25) is 4.79 Å². The lowest BCUT2D eigenvalue weighted by atomic mass is 10.0. The number of benzene rings is 1. The summed E-state index contributed by atoms with van der Waals surface area (Å²) in [5.41, 5.74) is 2.53. The summed E-state index contributed by atoms with van der Waals surface area (Å²) < 4.78 is 26.7. The van der Waals surface area contributed by atoms with E-state index in [-0.39, 0.29) is 31.2 Å². The van der Waals surface area contributed by atoms with Gasteiger partial charge in [-0.2, -0.15) is 0 Å². The number of halogens is 1. The van der Waals surface area contributed by atoms with Crippen LogP contribution in [0, 0.1) is 5.82 Å². The van der Waals surface area contributed by atoms with Crippen LogP contribution in [0.15, 0.2) is 60.6 Å². The van der Waals surface area contributed by atoms with E-state index in [1.165, 1.54) is 24.1 Å². The summed E-state index contributed by atoms with van der Waals surface area (Å²) in [4.78, 5) is 17.7. The van der Waals surface area contributed by atoms with Crippen molar-refractivity contribution in [3.8, 4) is 0 Å². The van der Waals surface area contributed by atoms with E-state index in [2.05, 4.69) is 11.6 Å². The SMILES string of the molecule is C=COCCOCC(=O)c1ccc2cncn2c1Cc1ccc(SC)cc1F. The number of rotatable bonds is 10. The predicted molar refractivity (Wildman–Crippen MR) is 107 cm³/mol. The van der Waals surface area contributed by atoms with Crippen molar-refractivity contribution < 1.29 is 18.7 Å². The molecule has 0 amide bonds. The Balaban J connectivity index is 1.87. The molecule has 0 aliphatic rings. The number of aromatic nitrogens is 2. The van der Waals surface area contributed by atoms with Crippen LogP contribution >= 0.6 is 11.8 Å². The van der Waals surface area contributed by atoms with Gasteiger partial charge in [-0.05, 0) is 36.1 Å². The van der Waals surface area contributed by atoms with Gasteiger partial charge in [0.2, 0.25) is 0 Å². The first-order valence-electron chi connectivity index (χ1n) is 8.74. The maximum Gasteiger partial charge on any atom is 0.190 e. The number of imidazole rings is 1. The van der Waals surface area contributed by atoms with Crippen molar-refractivity contribution in [1.82, 2.24) is 9.38 Å². The van der Waals surface area contributed by atoms with E-state index in [4.69, 9.17) is 9.47 Å². The zero-order valence-electron chi connectivity index (χ0n) is 15.6. The second-order valence-electron chi connectivity index (χ2n) is 6.03. The molecule has 0 bridgehead atoms. The van der Waals surface area contributed by atoms with E-state index in [0.29, 0.717) is 23.4 Å². The maximum absolute atomic E-state index is 14.5. The fourth-order valence-corrected chi connectivity index (χ4v) is 3.32. The van der Waals surface area contributed by atoms with Gasteiger partial charge in [0.15, 0.2) is 5.78 Å². The molecule has 0 aliphatic heterocycles. The largest absolute Gasteiger partial charge is 0.499 e. The standard InChI is InChI=1S/C21H21FN2O3S/c1-3-26-8-9-27-13-21(25)18-7-5-16-12-23-14-24(16)20(18)10-15-4-6-17(28-2)11-19(15)22/h3-7,11-12,14H,1,8-10,13H2,2H3. The number of thioether (sulfide) groups is 1. The second kappa shape index (κ2) is 9.52. The zero-order chi connectivity index (χ0) is 19.9. The quantitative estimate of drug-likeness (QED) is 0.222. The normalized spacial score (nSPS) is 10.9. The van der Waals surface area contributed by atoms with E-state index in [1.54, 1.807) is 24.7 Å². The van der Waals surface area contributed by atoms with Crippen LogP contribution in [-0.2, 0) is 15.9 Å². The van der Waals surface area contributed by atoms with Crippen molar-refractivity contribution in [3.63, 3.8) is 0 Å². The molecule has 0 atom stereocenters. The van der Waals surface area contributed by atoms with Gasteiger partial charge in [0, 0.05) is 22.6 Å². The molecule has 0 fully saturated rings. The van der Waals surface area contributed by atoms with Crippen LogP contribution in [-0.4, -0.2) is 41.2 Å². The molecule has 2 aromatic heterocycles. The average Bonchev–Trinajstić information content (AvgIpc) is 3.18. The number of ether oxygens (including phenoxy) is 2. The van der Waals surface area contributed by atoms with E-state index in [1.807, 2.05) is 22.8 Å². The highest BCUT2D eigenvalue weighted by molar-refractivity contribution is 7.98. The van der Waals surface area contributed by atoms with Crippen molar-refractivity contribution in [1.29, 1.82) is 0 Å². The molecule has 0 saturated heterocycles. The maximum atomic E-state index is 14.5. The van der Waals surface area contributed by atoms with Crippen LogP contribution in [0.5, 0.6) is 0 Å². The molecule has 0 aliphatic carbocycles. The molecule has 0 spiro atoms. The van der Waals surface area contributed by atoms with Gasteiger partial charge in [-0.15, -0.1) is 11.8 Å². The minimum atomic E-state index is -0.291. The molecule has 7 heteroatoms. The smallest absolute Gasteiger partial charge is 0.190 e. The number of hydrogen-bond acceptors (Lipinski definition) is 5.